The van der Waals surface area contributed by atoms with Gasteiger partial charge in [0.25, 0.3) is 0 Å². The van der Waals surface area contributed by atoms with Gasteiger partial charge >= 0.3 is 0 Å². The van der Waals surface area contributed by atoms with Crippen LogP contribution in [0.2, 0.25) is 0 Å². The summed E-state index contributed by atoms with van der Waals surface area (Å²) in [6, 6.07) is 0.229. The number of hydrogen-bond donors (Lipinski definition) is 3. The molecule has 1 unspecified atom stereocenters. The van der Waals surface area contributed by atoms with E-state index in [0.717, 1.165) is 12.8 Å². The number of carbonyl (C=O) groups excluding carboxylic acids is 1. The number of hydrogen-bond acceptors (Lipinski definition) is 4. The molecule has 4 N–H and O–H groups in total. The zero-order valence-electron chi connectivity index (χ0n) is 13.4. The molecule has 6 nitrogen and oxygen atoms in total. The molecule has 6 heteroatoms. The average molecular weight is 286 g/mol. The smallest absolute Gasteiger partial charge is 0.234 e. The van der Waals surface area contributed by atoms with Crippen LogP contribution in [0.25, 0.3) is 0 Å². The minimum atomic E-state index is -0.899. The zero-order chi connectivity index (χ0) is 15.8. The Morgan fingerprint density at radius 3 is 2.20 bits per heavy atom. The van der Waals surface area contributed by atoms with Gasteiger partial charge in [0.15, 0.2) is 5.84 Å². The minimum absolute atomic E-state index is 0.0104. The Morgan fingerprint density at radius 1 is 1.35 bits per heavy atom. The molecule has 0 aliphatic heterocycles. The molecule has 0 radical (unpaired) electrons. The van der Waals surface area contributed by atoms with E-state index in [1.807, 2.05) is 39.8 Å². The lowest BCUT2D eigenvalue weighted by Crippen LogP contribution is -2.52. The number of amides is 1. The Balaban J connectivity index is 5.05. The van der Waals surface area contributed by atoms with Crippen molar-refractivity contribution in [2.24, 2.45) is 16.3 Å². The number of nitrogens with zero attached hydrogens (tertiary/aromatic N) is 2. The van der Waals surface area contributed by atoms with Crippen LogP contribution in [-0.2, 0) is 4.79 Å². The van der Waals surface area contributed by atoms with E-state index in [-0.39, 0.29) is 17.8 Å². The van der Waals surface area contributed by atoms with E-state index in [4.69, 9.17) is 10.9 Å². The molecule has 20 heavy (non-hydrogen) atoms. The fraction of sp³-hybridized carbons (Fsp3) is 0.857. The first-order valence-corrected chi connectivity index (χ1v) is 7.28. The van der Waals surface area contributed by atoms with E-state index < -0.39 is 5.41 Å². The van der Waals surface area contributed by atoms with Crippen LogP contribution in [0.5, 0.6) is 0 Å². The molecule has 0 rings (SSSR count). The monoisotopic (exact) mass is 286 g/mol. The van der Waals surface area contributed by atoms with E-state index in [1.54, 1.807) is 0 Å². The Morgan fingerprint density at radius 2 is 1.85 bits per heavy atom. The van der Waals surface area contributed by atoms with Crippen LogP contribution in [-0.4, -0.2) is 48.5 Å². The normalized spacial score (nSPS) is 14.4. The summed E-state index contributed by atoms with van der Waals surface area (Å²) in [5.74, 6) is -0.138. The molecule has 0 aliphatic carbocycles. The first-order valence-electron chi connectivity index (χ1n) is 7.28. The number of nitrogens with one attached hydrogen (secondary N) is 1. The van der Waals surface area contributed by atoms with Gasteiger partial charge in [0.2, 0.25) is 5.91 Å². The lowest BCUT2D eigenvalue weighted by Gasteiger charge is -2.31. The number of carbonyl (C=O) groups is 1. The Labute approximate surface area is 122 Å². The van der Waals surface area contributed by atoms with Crippen LogP contribution in [0.1, 0.15) is 46.5 Å². The third kappa shape index (κ3) is 4.67. The van der Waals surface area contributed by atoms with Crippen molar-refractivity contribution in [3.63, 3.8) is 0 Å². The maximum Gasteiger partial charge on any atom is 0.234 e. The van der Waals surface area contributed by atoms with Crippen molar-refractivity contribution in [2.45, 2.75) is 52.5 Å². The SMILES string of the molecule is CCCC(CCC)(C(=O)NCC(C)N(C)C)C(N)=NO. The maximum absolute atomic E-state index is 12.6. The van der Waals surface area contributed by atoms with Gasteiger partial charge in [0, 0.05) is 12.6 Å². The summed E-state index contributed by atoms with van der Waals surface area (Å²) >= 11 is 0. The first kappa shape index (κ1) is 18.7. The highest BCUT2D eigenvalue weighted by molar-refractivity contribution is 6.06. The first-order chi connectivity index (χ1) is 9.35. The molecule has 0 aromatic heterocycles. The number of nitrogens with two attached hydrogens (primary N) is 1. The van der Waals surface area contributed by atoms with Crippen molar-refractivity contribution >= 4 is 11.7 Å². The summed E-state index contributed by atoms with van der Waals surface area (Å²) in [6.07, 6.45) is 2.76. The molecule has 0 bridgehead atoms. The highest BCUT2D eigenvalue weighted by atomic mass is 16.4. The van der Waals surface area contributed by atoms with E-state index in [1.165, 1.54) is 0 Å². The molecule has 0 aromatic rings. The van der Waals surface area contributed by atoms with E-state index >= 15 is 0 Å². The molecule has 0 spiro atoms. The second-order valence-electron chi connectivity index (χ2n) is 5.59. The third-order valence-corrected chi connectivity index (χ3v) is 3.83. The number of rotatable bonds is 9. The lowest BCUT2D eigenvalue weighted by molar-refractivity contribution is -0.128. The Kier molecular flexibility index (Phi) is 8.22. The average Bonchev–Trinajstić information content (AvgIpc) is 2.42. The number of amidine groups is 1. The highest BCUT2D eigenvalue weighted by Gasteiger charge is 2.41. The van der Waals surface area contributed by atoms with E-state index in [2.05, 4.69) is 10.5 Å². The molecule has 118 valence electrons. The van der Waals surface area contributed by atoms with Crippen LogP contribution in [0, 0.1) is 5.41 Å². The summed E-state index contributed by atoms with van der Waals surface area (Å²) in [5, 5.41) is 15.1. The van der Waals surface area contributed by atoms with Gasteiger partial charge in [-0.1, -0.05) is 31.8 Å². The quantitative estimate of drug-likeness (QED) is 0.258. The van der Waals surface area contributed by atoms with Crippen molar-refractivity contribution < 1.29 is 10.0 Å². The van der Waals surface area contributed by atoms with Crippen molar-refractivity contribution in [3.05, 3.63) is 0 Å². The van der Waals surface area contributed by atoms with Gasteiger partial charge in [-0.05, 0) is 33.9 Å². The topological polar surface area (TPSA) is 91.0 Å². The molecule has 0 heterocycles. The van der Waals surface area contributed by atoms with Crippen LogP contribution in [0.3, 0.4) is 0 Å². The van der Waals surface area contributed by atoms with Crippen LogP contribution in [0.15, 0.2) is 5.16 Å². The summed E-state index contributed by atoms with van der Waals surface area (Å²) in [7, 11) is 3.93. The largest absolute Gasteiger partial charge is 0.409 e. The van der Waals surface area contributed by atoms with Gasteiger partial charge in [-0.25, -0.2) is 0 Å². The maximum atomic E-state index is 12.6. The molecule has 0 saturated carbocycles. The predicted molar refractivity (Wildman–Crippen MR) is 81.8 cm³/mol. The molecule has 0 aliphatic rings. The van der Waals surface area contributed by atoms with E-state index in [9.17, 15) is 4.79 Å². The third-order valence-electron chi connectivity index (χ3n) is 3.83. The van der Waals surface area contributed by atoms with Gasteiger partial charge in [0.05, 0.1) is 0 Å². The number of oxime groups is 1. The van der Waals surface area contributed by atoms with Crippen LogP contribution < -0.4 is 11.1 Å². The summed E-state index contributed by atoms with van der Waals surface area (Å²) in [6.45, 7) is 6.56. The zero-order valence-corrected chi connectivity index (χ0v) is 13.4. The molecule has 1 atom stereocenters. The fourth-order valence-corrected chi connectivity index (χ4v) is 2.27. The van der Waals surface area contributed by atoms with Gasteiger partial charge in [-0.15, -0.1) is 0 Å². The molecular weight excluding hydrogens is 256 g/mol. The lowest BCUT2D eigenvalue weighted by atomic mass is 9.77. The van der Waals surface area contributed by atoms with Gasteiger partial charge in [0.1, 0.15) is 5.41 Å². The highest BCUT2D eigenvalue weighted by Crippen LogP contribution is 2.30. The van der Waals surface area contributed by atoms with Crippen molar-refractivity contribution in [3.8, 4) is 0 Å². The van der Waals surface area contributed by atoms with Gasteiger partial charge in [-0.3, -0.25) is 4.79 Å². The van der Waals surface area contributed by atoms with Crippen LogP contribution >= 0.6 is 0 Å². The van der Waals surface area contributed by atoms with Crippen LogP contribution in [0.4, 0.5) is 0 Å². The summed E-state index contributed by atoms with van der Waals surface area (Å²) in [4.78, 5) is 14.6. The van der Waals surface area contributed by atoms with Gasteiger partial charge in [-0.2, -0.15) is 0 Å². The summed E-state index contributed by atoms with van der Waals surface area (Å²) in [5.41, 5.74) is 4.92. The minimum Gasteiger partial charge on any atom is -0.409 e. The molecule has 0 saturated heterocycles. The van der Waals surface area contributed by atoms with Crippen molar-refractivity contribution in [1.82, 2.24) is 10.2 Å². The molecular formula is C14H30N4O2. The fourth-order valence-electron chi connectivity index (χ4n) is 2.27. The second kappa shape index (κ2) is 8.79. The Hall–Kier alpha value is -1.30. The predicted octanol–water partition coefficient (Wildman–Crippen LogP) is 1.39. The Bertz CT molecular complexity index is 323. The molecule has 1 amide bonds. The molecule has 0 fully saturated rings. The van der Waals surface area contributed by atoms with Crippen molar-refractivity contribution in [1.29, 1.82) is 0 Å². The summed E-state index contributed by atoms with van der Waals surface area (Å²) < 4.78 is 0. The standard InChI is InChI=1S/C14H30N4O2/c1-6-8-14(9-7-2,12(15)17-20)13(19)16-10-11(3)18(4)5/h11,20H,6-10H2,1-5H3,(H2,15,17)(H,16,19). The second-order valence-corrected chi connectivity index (χ2v) is 5.59. The van der Waals surface area contributed by atoms with E-state index in [0.29, 0.717) is 19.4 Å². The molecule has 0 aromatic carbocycles. The van der Waals surface area contributed by atoms with Gasteiger partial charge < -0.3 is 21.2 Å². The van der Waals surface area contributed by atoms with Crippen molar-refractivity contribution in [2.75, 3.05) is 20.6 Å². The number of likely N-dealkylation sites (N-methyl/N-ethyl adjacent to an activating group) is 1.